The van der Waals surface area contributed by atoms with Crippen LogP contribution in [0.1, 0.15) is 16.8 Å². The molecule has 0 unspecified atom stereocenters. The van der Waals surface area contributed by atoms with Gasteiger partial charge in [-0.2, -0.15) is 0 Å². The quantitative estimate of drug-likeness (QED) is 0.604. The lowest BCUT2D eigenvalue weighted by Gasteiger charge is -2.17. The molecule has 4 heteroatoms. The molecule has 0 spiro atoms. The standard InChI is InChI=1S/C12H18N2OS/c1-13-8-5-9-14(2)12(15)10-6-3-4-7-11(10)16/h3-4,6-7,13,16H,5,8-9H2,1-2H3. The smallest absolute Gasteiger partial charge is 0.254 e. The summed E-state index contributed by atoms with van der Waals surface area (Å²) in [7, 11) is 3.73. The lowest BCUT2D eigenvalue weighted by Crippen LogP contribution is -2.29. The summed E-state index contributed by atoms with van der Waals surface area (Å²) >= 11 is 4.28. The van der Waals surface area contributed by atoms with Crippen LogP contribution in [0.25, 0.3) is 0 Å². The number of hydrogen-bond acceptors (Lipinski definition) is 3. The van der Waals surface area contributed by atoms with Gasteiger partial charge in [0.15, 0.2) is 0 Å². The van der Waals surface area contributed by atoms with E-state index in [1.54, 1.807) is 11.0 Å². The number of nitrogens with one attached hydrogen (secondary N) is 1. The molecule has 1 aromatic rings. The Bertz CT molecular complexity index is 355. The van der Waals surface area contributed by atoms with E-state index in [-0.39, 0.29) is 5.91 Å². The van der Waals surface area contributed by atoms with Gasteiger partial charge in [0, 0.05) is 18.5 Å². The van der Waals surface area contributed by atoms with Gasteiger partial charge in [0.25, 0.3) is 5.91 Å². The summed E-state index contributed by atoms with van der Waals surface area (Å²) in [5.74, 6) is 0.0294. The van der Waals surface area contributed by atoms with E-state index in [9.17, 15) is 4.79 Å². The monoisotopic (exact) mass is 238 g/mol. The minimum Gasteiger partial charge on any atom is -0.342 e. The lowest BCUT2D eigenvalue weighted by molar-refractivity contribution is 0.0790. The molecule has 3 nitrogen and oxygen atoms in total. The van der Waals surface area contributed by atoms with Crippen molar-refractivity contribution >= 4 is 18.5 Å². The maximum atomic E-state index is 12.0. The summed E-state index contributed by atoms with van der Waals surface area (Å²) in [5, 5.41) is 3.06. The van der Waals surface area contributed by atoms with Crippen LogP contribution in [-0.2, 0) is 0 Å². The molecule has 0 aliphatic heterocycles. The average molecular weight is 238 g/mol. The first-order chi connectivity index (χ1) is 7.66. The first-order valence-corrected chi connectivity index (χ1v) is 5.79. The summed E-state index contributed by atoms with van der Waals surface area (Å²) < 4.78 is 0. The van der Waals surface area contributed by atoms with Crippen LogP contribution in [0.4, 0.5) is 0 Å². The van der Waals surface area contributed by atoms with Crippen molar-refractivity contribution < 1.29 is 4.79 Å². The minimum absolute atomic E-state index is 0.0294. The Balaban J connectivity index is 2.60. The Morgan fingerprint density at radius 2 is 2.12 bits per heavy atom. The molecular formula is C12H18N2OS. The molecule has 16 heavy (non-hydrogen) atoms. The molecule has 0 saturated heterocycles. The second-order valence-electron chi connectivity index (χ2n) is 3.70. The zero-order valence-electron chi connectivity index (χ0n) is 9.73. The highest BCUT2D eigenvalue weighted by molar-refractivity contribution is 7.80. The molecule has 0 heterocycles. The minimum atomic E-state index is 0.0294. The van der Waals surface area contributed by atoms with E-state index in [1.807, 2.05) is 32.3 Å². The van der Waals surface area contributed by atoms with Gasteiger partial charge in [-0.25, -0.2) is 0 Å². The van der Waals surface area contributed by atoms with E-state index in [0.717, 1.165) is 24.4 Å². The van der Waals surface area contributed by atoms with Gasteiger partial charge < -0.3 is 10.2 Å². The molecule has 1 amide bonds. The molecule has 1 N–H and O–H groups in total. The third kappa shape index (κ3) is 3.54. The normalized spacial score (nSPS) is 10.2. The van der Waals surface area contributed by atoms with Crippen molar-refractivity contribution in [1.29, 1.82) is 0 Å². The first kappa shape index (κ1) is 13.1. The number of carbonyl (C=O) groups is 1. The topological polar surface area (TPSA) is 32.3 Å². The molecule has 0 bridgehead atoms. The summed E-state index contributed by atoms with van der Waals surface area (Å²) in [4.78, 5) is 14.5. The van der Waals surface area contributed by atoms with Crippen LogP contribution in [0.2, 0.25) is 0 Å². The van der Waals surface area contributed by atoms with Crippen molar-refractivity contribution in [3.05, 3.63) is 29.8 Å². The van der Waals surface area contributed by atoms with E-state index in [4.69, 9.17) is 0 Å². The summed E-state index contributed by atoms with van der Waals surface area (Å²) in [6, 6.07) is 7.37. The van der Waals surface area contributed by atoms with E-state index in [2.05, 4.69) is 17.9 Å². The van der Waals surface area contributed by atoms with Gasteiger partial charge in [-0.05, 0) is 32.1 Å². The largest absolute Gasteiger partial charge is 0.342 e. The predicted molar refractivity (Wildman–Crippen MR) is 69.2 cm³/mol. The van der Waals surface area contributed by atoms with Crippen LogP contribution in [-0.4, -0.2) is 38.0 Å². The van der Waals surface area contributed by atoms with Crippen LogP contribution in [0.3, 0.4) is 0 Å². The van der Waals surface area contributed by atoms with Gasteiger partial charge in [-0.1, -0.05) is 12.1 Å². The summed E-state index contributed by atoms with van der Waals surface area (Å²) in [6.45, 7) is 1.67. The van der Waals surface area contributed by atoms with Crippen LogP contribution in [0.15, 0.2) is 29.2 Å². The Hall–Kier alpha value is -1.00. The molecule has 0 atom stereocenters. The molecule has 1 rings (SSSR count). The SMILES string of the molecule is CNCCCN(C)C(=O)c1ccccc1S. The molecule has 0 aliphatic rings. The lowest BCUT2D eigenvalue weighted by atomic mass is 10.2. The summed E-state index contributed by atoms with van der Waals surface area (Å²) in [5.41, 5.74) is 0.665. The fourth-order valence-corrected chi connectivity index (χ4v) is 1.71. The van der Waals surface area contributed by atoms with Crippen molar-refractivity contribution in [3.63, 3.8) is 0 Å². The van der Waals surface area contributed by atoms with E-state index in [0.29, 0.717) is 5.56 Å². The maximum Gasteiger partial charge on any atom is 0.254 e. The molecule has 0 saturated carbocycles. The van der Waals surface area contributed by atoms with E-state index in [1.165, 1.54) is 0 Å². The number of thiol groups is 1. The number of rotatable bonds is 5. The molecule has 0 radical (unpaired) electrons. The highest BCUT2D eigenvalue weighted by Crippen LogP contribution is 2.14. The van der Waals surface area contributed by atoms with Gasteiger partial charge in [-0.15, -0.1) is 12.6 Å². The van der Waals surface area contributed by atoms with Crippen LogP contribution >= 0.6 is 12.6 Å². The van der Waals surface area contributed by atoms with Crippen LogP contribution < -0.4 is 5.32 Å². The third-order valence-corrected chi connectivity index (χ3v) is 2.79. The molecule has 1 aromatic carbocycles. The van der Waals surface area contributed by atoms with Crippen molar-refractivity contribution in [2.45, 2.75) is 11.3 Å². The molecule has 0 aromatic heterocycles. The van der Waals surface area contributed by atoms with Crippen LogP contribution in [0.5, 0.6) is 0 Å². The Morgan fingerprint density at radius 3 is 2.75 bits per heavy atom. The van der Waals surface area contributed by atoms with Crippen LogP contribution in [0, 0.1) is 0 Å². The zero-order chi connectivity index (χ0) is 12.0. The van der Waals surface area contributed by atoms with Gasteiger partial charge >= 0.3 is 0 Å². The average Bonchev–Trinajstić information content (AvgIpc) is 2.29. The molecule has 0 fully saturated rings. The second kappa shape index (κ2) is 6.55. The van der Waals surface area contributed by atoms with E-state index < -0.39 is 0 Å². The fraction of sp³-hybridized carbons (Fsp3) is 0.417. The van der Waals surface area contributed by atoms with E-state index >= 15 is 0 Å². The highest BCUT2D eigenvalue weighted by atomic mass is 32.1. The second-order valence-corrected chi connectivity index (χ2v) is 4.18. The Morgan fingerprint density at radius 1 is 1.44 bits per heavy atom. The maximum absolute atomic E-state index is 12.0. The van der Waals surface area contributed by atoms with Crippen molar-refractivity contribution in [3.8, 4) is 0 Å². The number of benzene rings is 1. The van der Waals surface area contributed by atoms with Crippen molar-refractivity contribution in [1.82, 2.24) is 10.2 Å². The molecule has 88 valence electrons. The van der Waals surface area contributed by atoms with Crippen molar-refractivity contribution in [2.24, 2.45) is 0 Å². The fourth-order valence-electron chi connectivity index (χ4n) is 1.45. The van der Waals surface area contributed by atoms with Gasteiger partial charge in [0.1, 0.15) is 0 Å². The number of nitrogens with zero attached hydrogens (tertiary/aromatic N) is 1. The molecular weight excluding hydrogens is 220 g/mol. The zero-order valence-corrected chi connectivity index (χ0v) is 10.6. The van der Waals surface area contributed by atoms with Gasteiger partial charge in [0.2, 0.25) is 0 Å². The van der Waals surface area contributed by atoms with Gasteiger partial charge in [0.05, 0.1) is 5.56 Å². The molecule has 0 aliphatic carbocycles. The number of carbonyl (C=O) groups excluding carboxylic acids is 1. The van der Waals surface area contributed by atoms with Crippen molar-refractivity contribution in [2.75, 3.05) is 27.2 Å². The predicted octanol–water partition coefficient (Wildman–Crippen LogP) is 1.66. The first-order valence-electron chi connectivity index (χ1n) is 5.35. The number of hydrogen-bond donors (Lipinski definition) is 2. The van der Waals surface area contributed by atoms with Gasteiger partial charge in [-0.3, -0.25) is 4.79 Å². The summed E-state index contributed by atoms with van der Waals surface area (Å²) in [6.07, 6.45) is 0.952. The highest BCUT2D eigenvalue weighted by Gasteiger charge is 2.12. The Kier molecular flexibility index (Phi) is 5.35. The Labute approximate surface area is 102 Å². The third-order valence-electron chi connectivity index (χ3n) is 2.40. The number of amides is 1.